The van der Waals surface area contributed by atoms with Gasteiger partial charge in [-0.3, -0.25) is 4.79 Å². The Morgan fingerprint density at radius 2 is 1.86 bits per heavy atom. The Morgan fingerprint density at radius 3 is 2.55 bits per heavy atom. The van der Waals surface area contributed by atoms with E-state index in [2.05, 4.69) is 51.1 Å². The van der Waals surface area contributed by atoms with E-state index in [1.54, 1.807) is 0 Å². The zero-order valence-corrected chi connectivity index (χ0v) is 17.7. The summed E-state index contributed by atoms with van der Waals surface area (Å²) in [5, 5.41) is 3.13. The molecule has 1 amide bonds. The molecule has 6 nitrogen and oxygen atoms in total. The second-order valence-corrected chi connectivity index (χ2v) is 7.59. The standard InChI is InChI=1S/C23H33N5O/c1-3-27(4-2)14-9-13-24-22(29)20-12-8-15-28(18-20)23-25-16-21(17-26-23)19-10-6-5-7-11-19/h5-7,10-11,16-17,20H,3-4,8-9,12-15,18H2,1-2H3,(H,24,29)/t20-/m1/s1. The first-order chi connectivity index (χ1) is 14.2. The lowest BCUT2D eigenvalue weighted by atomic mass is 9.97. The van der Waals surface area contributed by atoms with E-state index in [1.807, 2.05) is 30.6 Å². The highest BCUT2D eigenvalue weighted by Gasteiger charge is 2.26. The van der Waals surface area contributed by atoms with Crippen LogP contribution in [0.5, 0.6) is 0 Å². The average molecular weight is 396 g/mol. The normalized spacial score (nSPS) is 16.8. The maximum Gasteiger partial charge on any atom is 0.225 e. The monoisotopic (exact) mass is 395 g/mol. The number of aromatic nitrogens is 2. The van der Waals surface area contributed by atoms with Crippen LogP contribution in [0.1, 0.15) is 33.1 Å². The molecule has 1 aliphatic rings. The van der Waals surface area contributed by atoms with Gasteiger partial charge in [0.1, 0.15) is 0 Å². The van der Waals surface area contributed by atoms with Gasteiger partial charge in [0.05, 0.1) is 5.92 Å². The Morgan fingerprint density at radius 1 is 1.14 bits per heavy atom. The van der Waals surface area contributed by atoms with Gasteiger partial charge in [0, 0.05) is 37.6 Å². The average Bonchev–Trinajstić information content (AvgIpc) is 2.80. The van der Waals surface area contributed by atoms with E-state index in [-0.39, 0.29) is 11.8 Å². The summed E-state index contributed by atoms with van der Waals surface area (Å²) in [4.78, 5) is 26.3. The molecule has 0 bridgehead atoms. The minimum Gasteiger partial charge on any atom is -0.356 e. The lowest BCUT2D eigenvalue weighted by molar-refractivity contribution is -0.125. The van der Waals surface area contributed by atoms with Gasteiger partial charge in [-0.1, -0.05) is 44.2 Å². The van der Waals surface area contributed by atoms with Crippen LogP contribution >= 0.6 is 0 Å². The second kappa shape index (κ2) is 10.9. The Hall–Kier alpha value is -2.47. The minimum atomic E-state index is 0.00889. The van der Waals surface area contributed by atoms with Crippen LogP contribution in [0.3, 0.4) is 0 Å². The predicted octanol–water partition coefficient (Wildman–Crippen LogP) is 3.21. The summed E-state index contributed by atoms with van der Waals surface area (Å²) in [6.07, 6.45) is 6.65. The highest BCUT2D eigenvalue weighted by Crippen LogP contribution is 2.22. The summed E-state index contributed by atoms with van der Waals surface area (Å²) in [5.41, 5.74) is 2.12. The zero-order valence-electron chi connectivity index (χ0n) is 17.7. The Bertz CT molecular complexity index is 746. The second-order valence-electron chi connectivity index (χ2n) is 7.59. The summed E-state index contributed by atoms with van der Waals surface area (Å²) in [7, 11) is 0. The van der Waals surface area contributed by atoms with E-state index in [4.69, 9.17) is 0 Å². The SMILES string of the molecule is CCN(CC)CCCNC(=O)[C@@H]1CCCN(c2ncc(-c3ccccc3)cn2)C1. The van der Waals surface area contributed by atoms with Gasteiger partial charge in [0.2, 0.25) is 11.9 Å². The fraction of sp³-hybridized carbons (Fsp3) is 0.522. The third-order valence-electron chi connectivity index (χ3n) is 5.67. The number of nitrogens with one attached hydrogen (secondary N) is 1. The lowest BCUT2D eigenvalue weighted by Crippen LogP contribution is -2.44. The van der Waals surface area contributed by atoms with Crippen molar-refractivity contribution in [1.82, 2.24) is 20.2 Å². The molecule has 3 rings (SSSR count). The number of nitrogens with zero attached hydrogens (tertiary/aromatic N) is 4. The zero-order chi connectivity index (χ0) is 20.5. The van der Waals surface area contributed by atoms with E-state index in [0.29, 0.717) is 12.5 Å². The van der Waals surface area contributed by atoms with Crippen molar-refractivity contribution in [3.8, 4) is 11.1 Å². The fourth-order valence-electron chi connectivity index (χ4n) is 3.84. The topological polar surface area (TPSA) is 61.4 Å². The van der Waals surface area contributed by atoms with Crippen LogP contribution in [0, 0.1) is 5.92 Å². The Labute approximate surface area is 174 Å². The summed E-state index contributed by atoms with van der Waals surface area (Å²) < 4.78 is 0. The molecule has 156 valence electrons. The van der Waals surface area contributed by atoms with Gasteiger partial charge in [-0.05, 0) is 44.5 Å². The highest BCUT2D eigenvalue weighted by molar-refractivity contribution is 5.79. The first kappa shape index (κ1) is 21.2. The number of piperidine rings is 1. The third kappa shape index (κ3) is 6.00. The van der Waals surface area contributed by atoms with Gasteiger partial charge in [0.25, 0.3) is 0 Å². The number of hydrogen-bond acceptors (Lipinski definition) is 5. The number of amides is 1. The molecule has 1 fully saturated rings. The number of hydrogen-bond donors (Lipinski definition) is 1. The van der Waals surface area contributed by atoms with Crippen molar-refractivity contribution >= 4 is 11.9 Å². The molecule has 0 saturated carbocycles. The summed E-state index contributed by atoms with van der Waals surface area (Å²) >= 11 is 0. The third-order valence-corrected chi connectivity index (χ3v) is 5.67. The maximum absolute atomic E-state index is 12.6. The Balaban J connectivity index is 1.50. The summed E-state index contributed by atoms with van der Waals surface area (Å²) in [6.45, 7) is 9.83. The van der Waals surface area contributed by atoms with Crippen molar-refractivity contribution in [2.24, 2.45) is 5.92 Å². The molecule has 1 aromatic heterocycles. The van der Waals surface area contributed by atoms with Crippen LogP contribution in [-0.4, -0.2) is 60.0 Å². The molecule has 1 aromatic carbocycles. The smallest absolute Gasteiger partial charge is 0.225 e. The molecule has 1 N–H and O–H groups in total. The van der Waals surface area contributed by atoms with Crippen molar-refractivity contribution in [2.75, 3.05) is 44.2 Å². The van der Waals surface area contributed by atoms with Gasteiger partial charge in [-0.25, -0.2) is 9.97 Å². The van der Waals surface area contributed by atoms with Gasteiger partial charge in [0.15, 0.2) is 0 Å². The predicted molar refractivity (Wildman–Crippen MR) is 118 cm³/mol. The molecule has 2 heterocycles. The quantitative estimate of drug-likeness (QED) is 0.661. The molecule has 29 heavy (non-hydrogen) atoms. The first-order valence-electron chi connectivity index (χ1n) is 10.8. The molecule has 1 saturated heterocycles. The molecule has 0 radical (unpaired) electrons. The van der Waals surface area contributed by atoms with Crippen LogP contribution in [0.2, 0.25) is 0 Å². The maximum atomic E-state index is 12.6. The van der Waals surface area contributed by atoms with E-state index in [0.717, 1.165) is 63.1 Å². The number of carbonyl (C=O) groups is 1. The molecule has 0 unspecified atom stereocenters. The van der Waals surface area contributed by atoms with Crippen molar-refractivity contribution in [2.45, 2.75) is 33.1 Å². The van der Waals surface area contributed by atoms with Crippen molar-refractivity contribution in [3.63, 3.8) is 0 Å². The van der Waals surface area contributed by atoms with Crippen molar-refractivity contribution in [1.29, 1.82) is 0 Å². The van der Waals surface area contributed by atoms with E-state index in [9.17, 15) is 4.79 Å². The molecular formula is C23H33N5O. The molecular weight excluding hydrogens is 362 g/mol. The van der Waals surface area contributed by atoms with Gasteiger partial charge < -0.3 is 15.1 Å². The van der Waals surface area contributed by atoms with Gasteiger partial charge in [-0.2, -0.15) is 0 Å². The van der Waals surface area contributed by atoms with Gasteiger partial charge >= 0.3 is 0 Å². The van der Waals surface area contributed by atoms with Crippen LogP contribution in [0.25, 0.3) is 11.1 Å². The molecule has 0 spiro atoms. The van der Waals surface area contributed by atoms with Crippen molar-refractivity contribution < 1.29 is 4.79 Å². The van der Waals surface area contributed by atoms with Crippen LogP contribution in [0.4, 0.5) is 5.95 Å². The van der Waals surface area contributed by atoms with E-state index in [1.165, 1.54) is 0 Å². The van der Waals surface area contributed by atoms with Crippen LogP contribution in [0.15, 0.2) is 42.7 Å². The largest absolute Gasteiger partial charge is 0.356 e. The number of benzene rings is 1. The van der Waals surface area contributed by atoms with Gasteiger partial charge in [-0.15, -0.1) is 0 Å². The summed E-state index contributed by atoms with van der Waals surface area (Å²) in [5.74, 6) is 0.883. The molecule has 1 aliphatic heterocycles. The van der Waals surface area contributed by atoms with E-state index >= 15 is 0 Å². The van der Waals surface area contributed by atoms with E-state index < -0.39 is 0 Å². The highest BCUT2D eigenvalue weighted by atomic mass is 16.1. The lowest BCUT2D eigenvalue weighted by Gasteiger charge is -2.32. The number of anilines is 1. The molecule has 1 atom stereocenters. The van der Waals surface area contributed by atoms with Crippen LogP contribution < -0.4 is 10.2 Å². The first-order valence-corrected chi connectivity index (χ1v) is 10.8. The summed E-state index contributed by atoms with van der Waals surface area (Å²) in [6, 6.07) is 10.1. The molecule has 0 aliphatic carbocycles. The molecule has 6 heteroatoms. The van der Waals surface area contributed by atoms with Crippen molar-refractivity contribution in [3.05, 3.63) is 42.7 Å². The number of rotatable bonds is 9. The Kier molecular flexibility index (Phi) is 7.99. The molecule has 2 aromatic rings. The van der Waals surface area contributed by atoms with Crippen LogP contribution in [-0.2, 0) is 4.79 Å². The number of carbonyl (C=O) groups excluding carboxylic acids is 1. The fourth-order valence-corrected chi connectivity index (χ4v) is 3.84. The minimum absolute atomic E-state index is 0.00889.